The van der Waals surface area contributed by atoms with Crippen molar-refractivity contribution < 1.29 is 19.1 Å². The van der Waals surface area contributed by atoms with Gasteiger partial charge in [-0.2, -0.15) is 4.99 Å². The molecule has 0 spiro atoms. The van der Waals surface area contributed by atoms with Crippen LogP contribution < -0.4 is 9.47 Å². The van der Waals surface area contributed by atoms with Crippen LogP contribution in [0.15, 0.2) is 40.6 Å². The number of aliphatic imine (C=N–C) groups is 1. The molecule has 7 heteroatoms. The highest BCUT2D eigenvalue weighted by atomic mass is 16.7. The van der Waals surface area contributed by atoms with Crippen molar-refractivity contribution >= 4 is 23.7 Å². The molecule has 0 bridgehead atoms. The highest BCUT2D eigenvalue weighted by Crippen LogP contribution is 2.33. The van der Waals surface area contributed by atoms with Crippen LogP contribution in [0.4, 0.5) is 0 Å². The van der Waals surface area contributed by atoms with Crippen LogP contribution in [-0.2, 0) is 9.63 Å². The molecule has 1 aromatic carbocycles. The van der Waals surface area contributed by atoms with Crippen molar-refractivity contribution in [3.05, 3.63) is 41.2 Å². The summed E-state index contributed by atoms with van der Waals surface area (Å²) in [5, 5.41) is 9.37. The molecule has 0 unspecified atom stereocenters. The number of carbonyl (C=O) groups is 1. The van der Waals surface area contributed by atoms with Gasteiger partial charge >= 0.3 is 0 Å². The van der Waals surface area contributed by atoms with Gasteiger partial charge in [-0.05, 0) is 30.7 Å². The summed E-state index contributed by atoms with van der Waals surface area (Å²) in [5.74, 6) is 1.68. The first-order chi connectivity index (χ1) is 10.6. The zero-order chi connectivity index (χ0) is 15.3. The number of ether oxygens (including phenoxy) is 2. The summed E-state index contributed by atoms with van der Waals surface area (Å²) in [6.07, 6.45) is 3.20. The van der Waals surface area contributed by atoms with Gasteiger partial charge in [-0.15, -0.1) is 5.06 Å². The number of hydrogen-bond acceptors (Lipinski definition) is 5. The maximum atomic E-state index is 12.1. The molecule has 7 nitrogen and oxygen atoms in total. The van der Waals surface area contributed by atoms with E-state index < -0.39 is 5.91 Å². The molecule has 0 aromatic heterocycles. The topological polar surface area (TPSA) is 84.2 Å². The lowest BCUT2D eigenvalue weighted by Gasteiger charge is -2.22. The second kappa shape index (κ2) is 4.45. The first-order valence-corrected chi connectivity index (χ1v) is 6.61. The third kappa shape index (κ3) is 1.86. The number of hydrogen-bond donors (Lipinski definition) is 1. The molecular weight excluding hydrogens is 286 g/mol. The third-order valence-corrected chi connectivity index (χ3v) is 3.39. The molecule has 0 atom stereocenters. The van der Waals surface area contributed by atoms with Crippen molar-refractivity contribution in [2.75, 3.05) is 6.79 Å². The Kier molecular flexibility index (Phi) is 2.56. The van der Waals surface area contributed by atoms with Crippen molar-refractivity contribution in [1.29, 1.82) is 5.41 Å². The molecule has 3 aliphatic rings. The largest absolute Gasteiger partial charge is 0.454 e. The van der Waals surface area contributed by atoms with E-state index in [1.54, 1.807) is 37.3 Å². The summed E-state index contributed by atoms with van der Waals surface area (Å²) < 4.78 is 10.5. The number of amidine groups is 2. The number of amides is 1. The standard InChI is InChI=1S/C15H11N3O4/c1-8-4-13-17-15(19)10(14(16)18(13)22-8)5-9-2-3-11-12(6-9)21-7-20-11/h2-6,16H,7H2,1H3/b10-5+,16-14?. The molecule has 1 aromatic rings. The van der Waals surface area contributed by atoms with Gasteiger partial charge in [-0.1, -0.05) is 6.07 Å². The van der Waals surface area contributed by atoms with Crippen LogP contribution in [0.1, 0.15) is 12.5 Å². The Bertz CT molecular complexity index is 807. The quantitative estimate of drug-likeness (QED) is 0.800. The van der Waals surface area contributed by atoms with E-state index in [1.165, 1.54) is 5.06 Å². The fraction of sp³-hybridized carbons (Fsp3) is 0.133. The number of hydroxylamine groups is 2. The highest BCUT2D eigenvalue weighted by molar-refractivity contribution is 6.32. The van der Waals surface area contributed by atoms with Crippen LogP contribution in [0.2, 0.25) is 0 Å². The van der Waals surface area contributed by atoms with Crippen molar-refractivity contribution in [1.82, 2.24) is 5.06 Å². The average Bonchev–Trinajstić information content (AvgIpc) is 3.08. The minimum Gasteiger partial charge on any atom is -0.454 e. The first kappa shape index (κ1) is 12.6. The summed E-state index contributed by atoms with van der Waals surface area (Å²) in [5.41, 5.74) is 0.880. The van der Waals surface area contributed by atoms with Crippen LogP contribution in [0.25, 0.3) is 6.08 Å². The SMILES string of the molecule is CC1=CC2=NC(=O)/C(=C/c3ccc4c(c3)OCO4)C(=N)N2O1. The summed E-state index contributed by atoms with van der Waals surface area (Å²) in [6.45, 7) is 1.92. The molecule has 0 fully saturated rings. The molecule has 3 heterocycles. The number of carbonyl (C=O) groups excluding carboxylic acids is 1. The predicted molar refractivity (Wildman–Crippen MR) is 77.4 cm³/mol. The van der Waals surface area contributed by atoms with Crippen molar-refractivity contribution in [3.63, 3.8) is 0 Å². The molecule has 1 N–H and O–H groups in total. The number of allylic oxidation sites excluding steroid dienone is 1. The van der Waals surface area contributed by atoms with Crippen LogP contribution in [0.5, 0.6) is 11.5 Å². The second-order valence-corrected chi connectivity index (χ2v) is 4.94. The number of nitrogens with one attached hydrogen (secondary N) is 1. The van der Waals surface area contributed by atoms with Crippen LogP contribution in [0, 0.1) is 5.41 Å². The molecule has 0 aliphatic carbocycles. The van der Waals surface area contributed by atoms with Crippen molar-refractivity contribution in [2.45, 2.75) is 6.92 Å². The van der Waals surface area contributed by atoms with E-state index in [0.717, 1.165) is 5.56 Å². The van der Waals surface area contributed by atoms with Gasteiger partial charge in [0.1, 0.15) is 5.76 Å². The Hall–Kier alpha value is -3.09. The Balaban J connectivity index is 1.71. The van der Waals surface area contributed by atoms with Gasteiger partial charge in [0.25, 0.3) is 5.91 Å². The lowest BCUT2D eigenvalue weighted by molar-refractivity contribution is -0.114. The number of fused-ring (bicyclic) bond motifs is 2. The minimum atomic E-state index is -0.469. The zero-order valence-electron chi connectivity index (χ0n) is 11.6. The maximum absolute atomic E-state index is 12.1. The van der Waals surface area contributed by atoms with Gasteiger partial charge in [-0.25, -0.2) is 0 Å². The average molecular weight is 297 g/mol. The maximum Gasteiger partial charge on any atom is 0.282 e. The van der Waals surface area contributed by atoms with Gasteiger partial charge in [0.15, 0.2) is 23.2 Å². The van der Waals surface area contributed by atoms with Gasteiger partial charge in [0.2, 0.25) is 6.79 Å². The molecule has 3 aliphatic heterocycles. The van der Waals surface area contributed by atoms with E-state index >= 15 is 0 Å². The fourth-order valence-corrected chi connectivity index (χ4v) is 2.37. The molecule has 22 heavy (non-hydrogen) atoms. The molecule has 110 valence electrons. The molecule has 4 rings (SSSR count). The fourth-order valence-electron chi connectivity index (χ4n) is 2.37. The second-order valence-electron chi connectivity index (χ2n) is 4.94. The minimum absolute atomic E-state index is 0.0410. The normalized spacial score (nSPS) is 20.8. The van der Waals surface area contributed by atoms with Crippen molar-refractivity contribution in [2.24, 2.45) is 4.99 Å². The lowest BCUT2D eigenvalue weighted by Crippen LogP contribution is -2.38. The van der Waals surface area contributed by atoms with E-state index in [1.807, 2.05) is 0 Å². The van der Waals surface area contributed by atoms with Gasteiger partial charge in [0.05, 0.1) is 5.57 Å². The molecule has 0 saturated heterocycles. The first-order valence-electron chi connectivity index (χ1n) is 6.61. The molecule has 1 amide bonds. The van der Waals surface area contributed by atoms with Crippen LogP contribution in [0.3, 0.4) is 0 Å². The third-order valence-electron chi connectivity index (χ3n) is 3.39. The van der Waals surface area contributed by atoms with E-state index in [2.05, 4.69) is 4.99 Å². The number of nitrogens with zero attached hydrogens (tertiary/aromatic N) is 2. The smallest absolute Gasteiger partial charge is 0.282 e. The van der Waals surface area contributed by atoms with Crippen LogP contribution >= 0.6 is 0 Å². The Morgan fingerprint density at radius 2 is 2.14 bits per heavy atom. The summed E-state index contributed by atoms with van der Waals surface area (Å²) in [4.78, 5) is 21.4. The molecule has 0 radical (unpaired) electrons. The van der Waals surface area contributed by atoms with Gasteiger partial charge in [-0.3, -0.25) is 10.2 Å². The highest BCUT2D eigenvalue weighted by Gasteiger charge is 2.34. The monoisotopic (exact) mass is 297 g/mol. The number of rotatable bonds is 1. The van der Waals surface area contributed by atoms with Crippen molar-refractivity contribution in [3.8, 4) is 11.5 Å². The van der Waals surface area contributed by atoms with E-state index in [9.17, 15) is 4.79 Å². The Morgan fingerprint density at radius 1 is 1.32 bits per heavy atom. The van der Waals surface area contributed by atoms with E-state index in [-0.39, 0.29) is 18.2 Å². The summed E-state index contributed by atoms with van der Waals surface area (Å²) in [6, 6.07) is 5.30. The van der Waals surface area contributed by atoms with E-state index in [4.69, 9.17) is 19.7 Å². The zero-order valence-corrected chi connectivity index (χ0v) is 11.6. The van der Waals surface area contributed by atoms with Crippen LogP contribution in [-0.4, -0.2) is 29.4 Å². The Labute approximate surface area is 125 Å². The molecule has 0 saturated carbocycles. The van der Waals surface area contributed by atoms with Gasteiger partial charge < -0.3 is 14.3 Å². The Morgan fingerprint density at radius 3 is 3.00 bits per heavy atom. The lowest BCUT2D eigenvalue weighted by atomic mass is 10.1. The molecular formula is C15H11N3O4. The summed E-state index contributed by atoms with van der Waals surface area (Å²) >= 11 is 0. The summed E-state index contributed by atoms with van der Waals surface area (Å²) in [7, 11) is 0. The van der Waals surface area contributed by atoms with Gasteiger partial charge in [0, 0.05) is 6.08 Å². The predicted octanol–water partition coefficient (Wildman–Crippen LogP) is 1.87. The number of benzene rings is 1. The van der Waals surface area contributed by atoms with E-state index in [0.29, 0.717) is 23.1 Å².